The Morgan fingerprint density at radius 3 is 2.53 bits per heavy atom. The molecule has 2 aromatic heterocycles. The lowest BCUT2D eigenvalue weighted by Crippen LogP contribution is -2.67. The van der Waals surface area contributed by atoms with Crippen molar-refractivity contribution in [3.63, 3.8) is 0 Å². The third kappa shape index (κ3) is 9.61. The molecule has 374 valence electrons. The molecule has 4 aliphatic rings. The van der Waals surface area contributed by atoms with Gasteiger partial charge in [-0.2, -0.15) is 5.43 Å². The van der Waals surface area contributed by atoms with Gasteiger partial charge in [0.1, 0.15) is 23.7 Å². The highest BCUT2D eigenvalue weighted by molar-refractivity contribution is 5.98. The van der Waals surface area contributed by atoms with Crippen LogP contribution >= 0.6 is 0 Å². The number of methoxy groups -OCH3 is 1. The molecule has 4 atom stereocenters. The molecule has 3 fully saturated rings. The predicted molar refractivity (Wildman–Crippen MR) is 262 cm³/mol. The number of ether oxygens (including phenoxy) is 2. The van der Waals surface area contributed by atoms with Crippen molar-refractivity contribution in [1.82, 2.24) is 35.1 Å². The number of likely N-dealkylation sites (tertiary alicyclic amines) is 1. The van der Waals surface area contributed by atoms with Gasteiger partial charge in [0.05, 0.1) is 24.9 Å². The van der Waals surface area contributed by atoms with Crippen molar-refractivity contribution in [1.29, 1.82) is 0 Å². The first-order valence-electron chi connectivity index (χ1n) is 24.1. The number of esters is 1. The van der Waals surface area contributed by atoms with Gasteiger partial charge in [0.25, 0.3) is 11.8 Å². The van der Waals surface area contributed by atoms with Crippen LogP contribution in [-0.4, -0.2) is 152 Å². The molecule has 6 heterocycles. The summed E-state index contributed by atoms with van der Waals surface area (Å²) in [6.07, 6.45) is 3.38. The number of benzene rings is 2. The lowest BCUT2D eigenvalue weighted by molar-refractivity contribution is -0.189. The third-order valence-corrected chi connectivity index (χ3v) is 14.2. The second-order valence-electron chi connectivity index (χ2n) is 20.4. The first-order chi connectivity index (χ1) is 33.2. The largest absolute Gasteiger partial charge is 0.508 e. The highest BCUT2D eigenvalue weighted by Gasteiger charge is 2.49. The van der Waals surface area contributed by atoms with Gasteiger partial charge < -0.3 is 49.4 Å². The maximum atomic E-state index is 14.8. The Labute approximate surface area is 408 Å². The van der Waals surface area contributed by atoms with Crippen LogP contribution in [0.15, 0.2) is 67.4 Å². The van der Waals surface area contributed by atoms with Crippen LogP contribution in [0, 0.1) is 11.3 Å². The average molecular weight is 963 g/mol. The van der Waals surface area contributed by atoms with E-state index in [9.17, 15) is 39.3 Å². The second-order valence-corrected chi connectivity index (χ2v) is 20.4. The summed E-state index contributed by atoms with van der Waals surface area (Å²) in [6.45, 7) is 14.9. The monoisotopic (exact) mass is 962 g/mol. The number of hydrogen-bond acceptors (Lipinski definition) is 13. The maximum absolute atomic E-state index is 14.8. The molecule has 3 saturated heterocycles. The Balaban J connectivity index is 1.21. The first kappa shape index (κ1) is 50.1. The predicted octanol–water partition coefficient (Wildman–Crippen LogP) is 3.53. The summed E-state index contributed by atoms with van der Waals surface area (Å²) in [7, 11) is 3.10. The zero-order valence-electron chi connectivity index (χ0n) is 41.2. The number of fused-ring (bicyclic) bond motifs is 6. The van der Waals surface area contributed by atoms with Crippen molar-refractivity contribution in [2.24, 2.45) is 11.3 Å². The molecule has 0 unspecified atom stereocenters. The van der Waals surface area contributed by atoms with E-state index in [1.54, 1.807) is 33.2 Å². The fourth-order valence-electron chi connectivity index (χ4n) is 10.6. The molecule has 0 radical (unpaired) electrons. The number of nitrogens with one attached hydrogen (secondary N) is 2. The van der Waals surface area contributed by atoms with E-state index in [2.05, 4.69) is 51.9 Å². The van der Waals surface area contributed by atoms with Gasteiger partial charge in [-0.05, 0) is 90.4 Å². The summed E-state index contributed by atoms with van der Waals surface area (Å²) in [5.74, 6) is -3.34. The van der Waals surface area contributed by atoms with Crippen LogP contribution < -0.4 is 15.6 Å². The molecule has 8 rings (SSSR count). The van der Waals surface area contributed by atoms with E-state index >= 15 is 0 Å². The van der Waals surface area contributed by atoms with E-state index in [1.807, 2.05) is 32.0 Å². The number of phenolic OH excluding ortho intramolecular Hbond substituents is 1. The van der Waals surface area contributed by atoms with E-state index in [0.29, 0.717) is 37.2 Å². The number of amides is 4. The lowest BCUT2D eigenvalue weighted by Gasteiger charge is -2.40. The number of rotatable bonds is 10. The smallest absolute Gasteiger partial charge is 0.355 e. The fraction of sp³-hybridized carbons (Fsp3) is 0.500. The first-order valence-corrected chi connectivity index (χ1v) is 24.1. The second kappa shape index (κ2) is 19.5. The van der Waals surface area contributed by atoms with Gasteiger partial charge in [-0.3, -0.25) is 24.2 Å². The van der Waals surface area contributed by atoms with Gasteiger partial charge in [-0.1, -0.05) is 46.4 Å². The lowest BCUT2D eigenvalue weighted by atomic mass is 9.84. The van der Waals surface area contributed by atoms with E-state index < -0.39 is 64.3 Å². The Bertz CT molecular complexity index is 2710. The van der Waals surface area contributed by atoms with E-state index in [0.717, 1.165) is 55.1 Å². The van der Waals surface area contributed by atoms with Crippen LogP contribution in [-0.2, 0) is 52.8 Å². The van der Waals surface area contributed by atoms with Gasteiger partial charge in [0.2, 0.25) is 17.5 Å². The normalized spacial score (nSPS) is 23.4. The number of β-amino-alcohol motifs (C(OH)–C–C–N with tert-alkyl or cyclic N) is 1. The number of hydrazine groups is 1. The van der Waals surface area contributed by atoms with Gasteiger partial charge in [-0.25, -0.2) is 9.78 Å². The van der Waals surface area contributed by atoms with Crippen LogP contribution in [0.5, 0.6) is 5.75 Å². The average Bonchev–Trinajstić information content (AvgIpc) is 3.86. The molecular weight excluding hydrogens is 897 g/mol. The molecule has 6 bridgehead atoms. The molecule has 4 aliphatic heterocycles. The number of phenols is 1. The SMILES string of the molecule is C=CC(=O)N1CC[C@](O)(C(=O)N(C)[C@H](C(=O)N[C@H]2Cc3cc(O)cc(c3)-c3ccc4c(c3)c(c(-c3cccnc3N3CC(OC)C3)n4CC)CC(C)(C)COC(=O)[C@@]3(O)CCCN(N3)C2=O)C(C)C)C1. The van der Waals surface area contributed by atoms with Gasteiger partial charge >= 0.3 is 5.97 Å². The maximum Gasteiger partial charge on any atom is 0.355 e. The number of aromatic hydroxyl groups is 1. The summed E-state index contributed by atoms with van der Waals surface area (Å²) in [5, 5.41) is 39.7. The number of nitrogens with zero attached hydrogens (tertiary/aromatic N) is 6. The Morgan fingerprint density at radius 2 is 1.83 bits per heavy atom. The molecule has 5 N–H and O–H groups in total. The number of aromatic nitrogens is 2. The molecular formula is C52H66N8O10. The van der Waals surface area contributed by atoms with Crippen molar-refractivity contribution in [2.45, 2.75) is 103 Å². The van der Waals surface area contributed by atoms with Crippen molar-refractivity contribution < 1.29 is 48.8 Å². The highest BCUT2D eigenvalue weighted by Crippen LogP contribution is 2.43. The minimum Gasteiger partial charge on any atom is -0.508 e. The molecule has 18 heteroatoms. The van der Waals surface area contributed by atoms with Gasteiger partial charge in [0.15, 0.2) is 5.60 Å². The minimum atomic E-state index is -2.30. The third-order valence-electron chi connectivity index (χ3n) is 14.2. The summed E-state index contributed by atoms with van der Waals surface area (Å²) in [5.41, 5.74) is 3.57. The van der Waals surface area contributed by atoms with E-state index in [4.69, 9.17) is 14.5 Å². The van der Waals surface area contributed by atoms with Gasteiger partial charge in [-0.15, -0.1) is 0 Å². The summed E-state index contributed by atoms with van der Waals surface area (Å²) in [4.78, 5) is 79.3. The number of hydrogen-bond donors (Lipinski definition) is 5. The van der Waals surface area contributed by atoms with Gasteiger partial charge in [0, 0.05) is 94.2 Å². The molecule has 0 aliphatic carbocycles. The molecule has 0 spiro atoms. The zero-order chi connectivity index (χ0) is 50.4. The highest BCUT2D eigenvalue weighted by atomic mass is 16.6. The number of carbonyl (C=O) groups excluding carboxylic acids is 5. The zero-order valence-corrected chi connectivity index (χ0v) is 41.2. The molecule has 0 saturated carbocycles. The molecule has 2 aromatic carbocycles. The van der Waals surface area contributed by atoms with Crippen LogP contribution in [0.4, 0.5) is 5.82 Å². The van der Waals surface area contributed by atoms with Crippen LogP contribution in [0.3, 0.4) is 0 Å². The van der Waals surface area contributed by atoms with Crippen molar-refractivity contribution in [3.8, 4) is 28.1 Å². The summed E-state index contributed by atoms with van der Waals surface area (Å²) < 4.78 is 13.9. The fourth-order valence-corrected chi connectivity index (χ4v) is 10.6. The van der Waals surface area contributed by atoms with Crippen LogP contribution in [0.2, 0.25) is 0 Å². The topological polar surface area (TPSA) is 219 Å². The molecule has 4 amide bonds. The number of aryl methyl sites for hydroxylation is 1. The van der Waals surface area contributed by atoms with E-state index in [1.165, 1.54) is 18.0 Å². The van der Waals surface area contributed by atoms with Crippen LogP contribution in [0.1, 0.15) is 65.0 Å². The van der Waals surface area contributed by atoms with Crippen molar-refractivity contribution >= 4 is 46.3 Å². The molecule has 4 aromatic rings. The molecule has 70 heavy (non-hydrogen) atoms. The van der Waals surface area contributed by atoms with Crippen LogP contribution in [0.25, 0.3) is 33.3 Å². The summed E-state index contributed by atoms with van der Waals surface area (Å²) in [6, 6.07) is 12.6. The number of aliphatic hydroxyl groups is 2. The Morgan fingerprint density at radius 1 is 1.07 bits per heavy atom. The minimum absolute atomic E-state index is 0.0493. The number of cyclic esters (lactones) is 1. The quantitative estimate of drug-likeness (QED) is 0.114. The Kier molecular flexibility index (Phi) is 13.9. The number of carbonyl (C=O) groups is 5. The standard InChI is InChI=1S/C52H66N8O10/c1-9-42(62)57-20-17-51(67,29-57)48(65)56(7)43(31(3)4)46(63)54-40-23-32-21-34(24-35(61)22-32)33-14-15-41-38(25-33)39(26-50(5,6)30-70-49(66)52(68)16-12-19-60(55-52)47(40)64)44(59(41)10-2)37-13-11-18-53-45(37)58-27-36(28-58)69-8/h9,11,13-15,18,21-22,24-25,31,36,40,43,55,61,67-68H,1,10,12,16-17,19-20,23,26-30H2,2-8H3,(H,54,63)/t40-,43-,51+,52-/m0/s1. The number of anilines is 1. The van der Waals surface area contributed by atoms with E-state index in [-0.39, 0.29) is 63.8 Å². The van der Waals surface area contributed by atoms with Crippen molar-refractivity contribution in [2.75, 3.05) is 58.4 Å². The number of pyridine rings is 1. The Hall–Kier alpha value is -6.34. The van der Waals surface area contributed by atoms with Crippen molar-refractivity contribution in [3.05, 3.63) is 78.5 Å². The molecule has 18 nitrogen and oxygen atoms in total. The number of likely N-dealkylation sites (N-methyl/N-ethyl adjacent to an activating group) is 1. The summed E-state index contributed by atoms with van der Waals surface area (Å²) >= 11 is 0.